The van der Waals surface area contributed by atoms with Crippen LogP contribution < -0.4 is 10.7 Å². The van der Waals surface area contributed by atoms with Crippen LogP contribution >= 0.6 is 12.2 Å². The van der Waals surface area contributed by atoms with Gasteiger partial charge in [0.2, 0.25) is 10.0 Å². The first-order valence-electron chi connectivity index (χ1n) is 4.83. The third kappa shape index (κ3) is 2.55. The number of nitrogens with one attached hydrogen (secondary N) is 1. The Morgan fingerprint density at radius 2 is 2.00 bits per heavy atom. The second kappa shape index (κ2) is 4.48. The summed E-state index contributed by atoms with van der Waals surface area (Å²) in [6, 6.07) is 7.25. The van der Waals surface area contributed by atoms with E-state index < -0.39 is 10.0 Å². The van der Waals surface area contributed by atoms with Crippen molar-refractivity contribution in [3.63, 3.8) is 0 Å². The largest absolute Gasteiger partial charge is 0.299 e. The highest BCUT2D eigenvalue weighted by molar-refractivity contribution is 7.89. The van der Waals surface area contributed by atoms with Crippen LogP contribution in [0.25, 0.3) is 5.69 Å². The van der Waals surface area contributed by atoms with Crippen molar-refractivity contribution in [1.29, 1.82) is 0 Å². The van der Waals surface area contributed by atoms with Crippen molar-refractivity contribution in [2.75, 3.05) is 0 Å². The number of aromatic nitrogens is 2. The predicted octanol–water partition coefficient (Wildman–Crippen LogP) is 0.542. The molecule has 1 heterocycles. The minimum absolute atomic E-state index is 0.0203. The highest BCUT2D eigenvalue weighted by Gasteiger charge is 2.08. The number of hydrogen-bond acceptors (Lipinski definition) is 4. The number of hydrogen-bond donors (Lipinski definition) is 2. The summed E-state index contributed by atoms with van der Waals surface area (Å²) >= 11 is 4.98. The maximum Gasteiger partial charge on any atom is 0.251 e. The van der Waals surface area contributed by atoms with Crippen LogP contribution in [0.5, 0.6) is 0 Å². The Morgan fingerprint density at radius 3 is 2.61 bits per heavy atom. The lowest BCUT2D eigenvalue weighted by molar-refractivity contribution is 0.597. The molecule has 2 aromatic rings. The zero-order valence-electron chi connectivity index (χ0n) is 9.03. The van der Waals surface area contributed by atoms with Crippen molar-refractivity contribution in [2.45, 2.75) is 4.90 Å². The number of sulfonamides is 1. The lowest BCUT2D eigenvalue weighted by atomic mass is 10.3. The summed E-state index contributed by atoms with van der Waals surface area (Å²) in [5.41, 5.74) is 0.182. The second-order valence-corrected chi connectivity index (χ2v) is 5.47. The van der Waals surface area contributed by atoms with Crippen LogP contribution in [-0.2, 0) is 10.0 Å². The molecule has 0 unspecified atom stereocenters. The minimum Gasteiger partial charge on any atom is -0.299 e. The summed E-state index contributed by atoms with van der Waals surface area (Å²) in [6.07, 6.45) is 1.46. The maximum absolute atomic E-state index is 11.2. The number of aromatic amines is 1. The molecule has 0 bridgehead atoms. The van der Waals surface area contributed by atoms with E-state index in [-0.39, 0.29) is 15.2 Å². The molecule has 0 fully saturated rings. The summed E-state index contributed by atoms with van der Waals surface area (Å²) in [7, 11) is -3.77. The van der Waals surface area contributed by atoms with E-state index in [1.54, 1.807) is 12.1 Å². The van der Waals surface area contributed by atoms with Crippen molar-refractivity contribution in [3.8, 4) is 5.69 Å². The molecule has 0 amide bonds. The molecule has 0 aliphatic rings. The van der Waals surface area contributed by atoms with Gasteiger partial charge >= 0.3 is 0 Å². The van der Waals surface area contributed by atoms with Crippen molar-refractivity contribution >= 4 is 22.2 Å². The number of nitrogens with two attached hydrogens (primary N) is 1. The highest BCUT2D eigenvalue weighted by atomic mass is 32.2. The van der Waals surface area contributed by atoms with Gasteiger partial charge < -0.3 is 0 Å². The van der Waals surface area contributed by atoms with E-state index in [9.17, 15) is 13.2 Å². The van der Waals surface area contributed by atoms with E-state index in [1.807, 2.05) is 0 Å². The molecule has 1 aromatic carbocycles. The van der Waals surface area contributed by atoms with Crippen LogP contribution in [0.15, 0.2) is 46.2 Å². The van der Waals surface area contributed by atoms with Gasteiger partial charge in [0, 0.05) is 18.0 Å². The molecule has 0 saturated heterocycles. The zero-order chi connectivity index (χ0) is 13.3. The Kier molecular flexibility index (Phi) is 3.16. The molecular formula is C10H9N3O3S2. The molecule has 1 aromatic heterocycles. The van der Waals surface area contributed by atoms with Crippen molar-refractivity contribution in [3.05, 3.63) is 51.7 Å². The van der Waals surface area contributed by atoms with Crippen LogP contribution in [0.3, 0.4) is 0 Å². The fourth-order valence-electron chi connectivity index (χ4n) is 1.43. The van der Waals surface area contributed by atoms with Gasteiger partial charge in [-0.25, -0.2) is 13.6 Å². The fraction of sp³-hybridized carbons (Fsp3) is 0. The average molecular weight is 283 g/mol. The Labute approximate surface area is 108 Å². The Balaban J connectivity index is 2.66. The van der Waals surface area contributed by atoms with E-state index in [2.05, 4.69) is 4.98 Å². The van der Waals surface area contributed by atoms with Gasteiger partial charge in [-0.1, -0.05) is 6.07 Å². The molecule has 0 spiro atoms. The molecule has 6 nitrogen and oxygen atoms in total. The van der Waals surface area contributed by atoms with E-state index >= 15 is 0 Å². The predicted molar refractivity (Wildman–Crippen MR) is 68.6 cm³/mol. The first-order chi connectivity index (χ1) is 8.38. The van der Waals surface area contributed by atoms with E-state index in [1.165, 1.54) is 29.0 Å². The summed E-state index contributed by atoms with van der Waals surface area (Å²) in [4.78, 5) is 13.5. The molecule has 2 rings (SSSR count). The Hall–Kier alpha value is -1.77. The number of nitrogens with zero attached hydrogens (tertiary/aromatic N) is 1. The lowest BCUT2D eigenvalue weighted by Gasteiger charge is -2.07. The SMILES string of the molecule is NS(=O)(=O)c1cccc(-n2ccc(=O)[nH]c2=S)c1. The molecule has 3 N–H and O–H groups in total. The van der Waals surface area contributed by atoms with Crippen LogP contribution in [0.1, 0.15) is 0 Å². The topological polar surface area (TPSA) is 97.9 Å². The van der Waals surface area contributed by atoms with Gasteiger partial charge in [-0.2, -0.15) is 0 Å². The molecule has 0 radical (unpaired) electrons. The number of primary sulfonamides is 1. The third-order valence-corrected chi connectivity index (χ3v) is 3.46. The molecule has 0 saturated carbocycles. The van der Waals surface area contributed by atoms with Gasteiger partial charge in [0.15, 0.2) is 4.77 Å². The van der Waals surface area contributed by atoms with E-state index in [0.717, 1.165) is 0 Å². The summed E-state index contributed by atoms with van der Waals surface area (Å²) in [5.74, 6) is 0. The molecule has 0 atom stereocenters. The quantitative estimate of drug-likeness (QED) is 0.786. The number of benzene rings is 1. The highest BCUT2D eigenvalue weighted by Crippen LogP contribution is 2.13. The first kappa shape index (κ1) is 12.7. The van der Waals surface area contributed by atoms with Gasteiger partial charge in [-0.05, 0) is 30.4 Å². The molecule has 94 valence electrons. The van der Waals surface area contributed by atoms with Crippen LogP contribution in [0.2, 0.25) is 0 Å². The summed E-state index contributed by atoms with van der Waals surface area (Å²) < 4.78 is 24.1. The molecule has 0 aliphatic heterocycles. The summed E-state index contributed by atoms with van der Waals surface area (Å²) in [5, 5.41) is 5.05. The number of rotatable bonds is 2. The molecule has 18 heavy (non-hydrogen) atoms. The van der Waals surface area contributed by atoms with Crippen LogP contribution in [0, 0.1) is 4.77 Å². The lowest BCUT2D eigenvalue weighted by Crippen LogP contribution is -2.13. The smallest absolute Gasteiger partial charge is 0.251 e. The standard InChI is InChI=1S/C10H9N3O3S2/c11-18(15,16)8-3-1-2-7(6-8)13-5-4-9(14)12-10(13)17/h1-6H,(H2,11,15,16)(H,12,14,17). The number of H-pyrrole nitrogens is 1. The van der Waals surface area contributed by atoms with E-state index in [4.69, 9.17) is 17.4 Å². The van der Waals surface area contributed by atoms with Crippen molar-refractivity contribution in [2.24, 2.45) is 5.14 Å². The molecule has 8 heteroatoms. The zero-order valence-corrected chi connectivity index (χ0v) is 10.7. The van der Waals surface area contributed by atoms with Crippen LogP contribution in [-0.4, -0.2) is 18.0 Å². The van der Waals surface area contributed by atoms with Gasteiger partial charge in [-0.3, -0.25) is 14.3 Å². The summed E-state index contributed by atoms with van der Waals surface area (Å²) in [6.45, 7) is 0. The van der Waals surface area contributed by atoms with E-state index in [0.29, 0.717) is 5.69 Å². The van der Waals surface area contributed by atoms with Crippen molar-refractivity contribution < 1.29 is 8.42 Å². The third-order valence-electron chi connectivity index (χ3n) is 2.25. The van der Waals surface area contributed by atoms with Gasteiger partial charge in [0.25, 0.3) is 5.56 Å². The molecular weight excluding hydrogens is 274 g/mol. The van der Waals surface area contributed by atoms with Gasteiger partial charge in [0.1, 0.15) is 0 Å². The average Bonchev–Trinajstić information content (AvgIpc) is 2.28. The second-order valence-electron chi connectivity index (χ2n) is 3.52. The Bertz CT molecular complexity index is 805. The van der Waals surface area contributed by atoms with Crippen molar-refractivity contribution in [1.82, 2.24) is 9.55 Å². The molecule has 0 aliphatic carbocycles. The van der Waals surface area contributed by atoms with Crippen LogP contribution in [0.4, 0.5) is 0 Å². The maximum atomic E-state index is 11.2. The Morgan fingerprint density at radius 1 is 1.28 bits per heavy atom. The fourth-order valence-corrected chi connectivity index (χ4v) is 2.25. The normalized spacial score (nSPS) is 11.4. The minimum atomic E-state index is -3.77. The first-order valence-corrected chi connectivity index (χ1v) is 6.78. The van der Waals surface area contributed by atoms with Gasteiger partial charge in [0.05, 0.1) is 4.90 Å². The van der Waals surface area contributed by atoms with Gasteiger partial charge in [-0.15, -0.1) is 0 Å². The monoisotopic (exact) mass is 283 g/mol.